The summed E-state index contributed by atoms with van der Waals surface area (Å²) in [5.41, 5.74) is 0. The van der Waals surface area contributed by atoms with Crippen molar-refractivity contribution in [2.75, 3.05) is 0 Å². The molecule has 0 aliphatic carbocycles. The quantitative estimate of drug-likeness (QED) is 0.483. The van der Waals surface area contributed by atoms with Crippen molar-refractivity contribution in [1.82, 2.24) is 0 Å². The maximum Gasteiger partial charge on any atom is 0.105 e. The van der Waals surface area contributed by atoms with Gasteiger partial charge in [0.05, 0.1) is 0 Å². The highest BCUT2D eigenvalue weighted by molar-refractivity contribution is 4.90. The van der Waals surface area contributed by atoms with Gasteiger partial charge in [0.25, 0.3) is 0 Å². The summed E-state index contributed by atoms with van der Waals surface area (Å²) in [6.07, 6.45) is 3.15. The molecule has 0 aliphatic rings. The lowest BCUT2D eigenvalue weighted by Gasteiger charge is -1.98. The molecule has 8 heavy (non-hydrogen) atoms. The Morgan fingerprint density at radius 1 is 1.62 bits per heavy atom. The Hall–Kier alpha value is -0.510. The fraction of sp³-hybridized carbons (Fsp3) is 0.714. The molecule has 0 heterocycles. The van der Waals surface area contributed by atoms with Crippen molar-refractivity contribution in [3.8, 4) is 12.1 Å². The van der Waals surface area contributed by atoms with Gasteiger partial charge in [0, 0.05) is 6.42 Å². The van der Waals surface area contributed by atoms with Crippen molar-refractivity contribution < 1.29 is 4.39 Å². The molecule has 0 N–H and O–H groups in total. The number of hydrogen-bond acceptors (Lipinski definition) is 0. The third-order valence-electron chi connectivity index (χ3n) is 1.21. The van der Waals surface area contributed by atoms with Gasteiger partial charge in [0.1, 0.15) is 6.17 Å². The summed E-state index contributed by atoms with van der Waals surface area (Å²) in [5.74, 6) is 2.92. The topological polar surface area (TPSA) is 0 Å². The lowest BCUT2D eigenvalue weighted by Crippen LogP contribution is -1.87. The van der Waals surface area contributed by atoms with E-state index in [-0.39, 0.29) is 0 Å². The van der Waals surface area contributed by atoms with Crippen LogP contribution < -0.4 is 0 Å². The van der Waals surface area contributed by atoms with Crippen LogP contribution in [-0.2, 0) is 0 Å². The highest BCUT2D eigenvalue weighted by atomic mass is 19.1. The Balaban J connectivity index is 3.19. The highest BCUT2D eigenvalue weighted by Crippen LogP contribution is 2.03. The number of hydrogen-bond donors (Lipinski definition) is 0. The second-order valence-electron chi connectivity index (χ2n) is 1.99. The molecule has 0 radical (unpaired) electrons. The monoisotopic (exact) mass is 114 g/mol. The summed E-state index contributed by atoms with van der Waals surface area (Å²) in [6, 6.07) is 0. The molecule has 0 aromatic rings. The molecule has 0 aromatic carbocycles. The average Bonchev–Trinajstić information content (AvgIpc) is 1.83. The van der Waals surface area contributed by atoms with E-state index in [1.165, 1.54) is 6.17 Å². The van der Waals surface area contributed by atoms with Crippen LogP contribution in [0.1, 0.15) is 26.7 Å². The molecular weight excluding hydrogens is 103 g/mol. The van der Waals surface area contributed by atoms with Gasteiger partial charge in [-0.15, -0.1) is 4.39 Å². The Morgan fingerprint density at radius 2 is 2.25 bits per heavy atom. The predicted molar refractivity (Wildman–Crippen MR) is 33.0 cm³/mol. The van der Waals surface area contributed by atoms with Gasteiger partial charge in [0.2, 0.25) is 0 Å². The maximum absolute atomic E-state index is 11.1. The third-order valence-corrected chi connectivity index (χ3v) is 1.21. The number of rotatable bonds is 2. The van der Waals surface area contributed by atoms with E-state index in [1.807, 2.05) is 0 Å². The Bertz CT molecular complexity index is 96.7. The summed E-state index contributed by atoms with van der Waals surface area (Å²) in [6.45, 7) is 4.13. The first-order chi connectivity index (χ1) is 3.81. The van der Waals surface area contributed by atoms with E-state index in [2.05, 4.69) is 19.8 Å². The molecular formula is C7H11F. The van der Waals surface area contributed by atoms with Crippen molar-refractivity contribution in [3.05, 3.63) is 0 Å². The van der Waals surface area contributed by atoms with E-state index in [0.29, 0.717) is 12.3 Å². The molecule has 0 nitrogen and oxygen atoms in total. The average molecular weight is 114 g/mol. The zero-order valence-corrected chi connectivity index (χ0v) is 5.37. The Morgan fingerprint density at radius 3 is 2.62 bits per heavy atom. The second-order valence-corrected chi connectivity index (χ2v) is 1.99. The summed E-state index contributed by atoms with van der Waals surface area (Å²) < 4.78 is 11.1. The SMILES string of the molecule is CCC(C)CC#CF. The Kier molecular flexibility index (Phi) is 4.35. The smallest absolute Gasteiger partial charge is 0.105 e. The van der Waals surface area contributed by atoms with E-state index >= 15 is 0 Å². The van der Waals surface area contributed by atoms with Gasteiger partial charge >= 0.3 is 0 Å². The third kappa shape index (κ3) is 3.67. The Labute approximate surface area is 50.1 Å². The van der Waals surface area contributed by atoms with Crippen molar-refractivity contribution in [1.29, 1.82) is 0 Å². The van der Waals surface area contributed by atoms with Gasteiger partial charge < -0.3 is 0 Å². The minimum absolute atomic E-state index is 0.540. The maximum atomic E-state index is 11.1. The number of halogens is 1. The van der Waals surface area contributed by atoms with E-state index in [1.54, 1.807) is 0 Å². The van der Waals surface area contributed by atoms with Gasteiger partial charge in [-0.25, -0.2) is 0 Å². The molecule has 0 saturated heterocycles. The molecule has 0 fully saturated rings. The zero-order chi connectivity index (χ0) is 6.41. The predicted octanol–water partition coefficient (Wildman–Crippen LogP) is 2.35. The lowest BCUT2D eigenvalue weighted by atomic mass is 10.1. The molecule has 0 saturated carbocycles. The summed E-state index contributed by atoms with van der Waals surface area (Å²) >= 11 is 0. The van der Waals surface area contributed by atoms with Crippen LogP contribution in [0.4, 0.5) is 4.39 Å². The molecule has 0 aliphatic heterocycles. The van der Waals surface area contributed by atoms with Gasteiger partial charge in [-0.1, -0.05) is 26.2 Å². The van der Waals surface area contributed by atoms with Crippen molar-refractivity contribution in [2.45, 2.75) is 26.7 Å². The standard InChI is InChI=1S/C7H11F/c1-3-7(2)5-4-6-8/h7H,3,5H2,1-2H3. The van der Waals surface area contributed by atoms with E-state index in [0.717, 1.165) is 6.42 Å². The van der Waals surface area contributed by atoms with Gasteiger partial charge in [-0.2, -0.15) is 0 Å². The van der Waals surface area contributed by atoms with E-state index in [9.17, 15) is 4.39 Å². The molecule has 1 atom stereocenters. The van der Waals surface area contributed by atoms with Crippen LogP contribution in [0.15, 0.2) is 0 Å². The summed E-state index contributed by atoms with van der Waals surface area (Å²) in [5, 5.41) is 0. The van der Waals surface area contributed by atoms with Crippen LogP contribution >= 0.6 is 0 Å². The van der Waals surface area contributed by atoms with Crippen molar-refractivity contribution in [2.24, 2.45) is 5.92 Å². The minimum atomic E-state index is 0.540. The largest absolute Gasteiger partial charge is 0.144 e. The van der Waals surface area contributed by atoms with Gasteiger partial charge in [-0.3, -0.25) is 0 Å². The molecule has 0 bridgehead atoms. The van der Waals surface area contributed by atoms with E-state index in [4.69, 9.17) is 0 Å². The second kappa shape index (κ2) is 4.64. The van der Waals surface area contributed by atoms with Crippen molar-refractivity contribution in [3.63, 3.8) is 0 Å². The highest BCUT2D eigenvalue weighted by Gasteiger charge is 1.92. The first-order valence-electron chi connectivity index (χ1n) is 2.89. The first-order valence-corrected chi connectivity index (χ1v) is 2.89. The van der Waals surface area contributed by atoms with Crippen LogP contribution in [0.3, 0.4) is 0 Å². The fourth-order valence-corrected chi connectivity index (χ4v) is 0.357. The first kappa shape index (κ1) is 7.49. The van der Waals surface area contributed by atoms with Crippen LogP contribution in [0, 0.1) is 18.0 Å². The summed E-state index contributed by atoms with van der Waals surface area (Å²) in [7, 11) is 0. The van der Waals surface area contributed by atoms with Crippen LogP contribution in [0.2, 0.25) is 0 Å². The van der Waals surface area contributed by atoms with Crippen molar-refractivity contribution >= 4 is 0 Å². The molecule has 1 heteroatoms. The molecule has 46 valence electrons. The normalized spacial score (nSPS) is 11.9. The van der Waals surface area contributed by atoms with E-state index < -0.39 is 0 Å². The summed E-state index contributed by atoms with van der Waals surface area (Å²) in [4.78, 5) is 0. The molecule has 1 unspecified atom stereocenters. The molecule has 0 rings (SSSR count). The van der Waals surface area contributed by atoms with Crippen LogP contribution in [0.5, 0.6) is 0 Å². The molecule has 0 spiro atoms. The van der Waals surface area contributed by atoms with Gasteiger partial charge in [-0.05, 0) is 5.92 Å². The zero-order valence-electron chi connectivity index (χ0n) is 5.37. The van der Waals surface area contributed by atoms with Crippen LogP contribution in [-0.4, -0.2) is 0 Å². The minimum Gasteiger partial charge on any atom is -0.144 e. The van der Waals surface area contributed by atoms with Crippen LogP contribution in [0.25, 0.3) is 0 Å². The van der Waals surface area contributed by atoms with Gasteiger partial charge in [0.15, 0.2) is 0 Å². The lowest BCUT2D eigenvalue weighted by molar-refractivity contribution is 0.579. The molecule has 0 aromatic heterocycles. The fourth-order valence-electron chi connectivity index (χ4n) is 0.357. The molecule has 0 amide bonds.